The third kappa shape index (κ3) is 3.63. The van der Waals surface area contributed by atoms with E-state index in [-0.39, 0.29) is 11.5 Å². The number of aliphatic hydroxyl groups excluding tert-OH is 1. The lowest BCUT2D eigenvalue weighted by molar-refractivity contribution is 0.0242. The number of rotatable bonds is 5. The summed E-state index contributed by atoms with van der Waals surface area (Å²) in [6.45, 7) is 2.70. The van der Waals surface area contributed by atoms with Gasteiger partial charge in [-0.25, -0.2) is 0 Å². The molecule has 2 unspecified atom stereocenters. The van der Waals surface area contributed by atoms with Gasteiger partial charge in [0.05, 0.1) is 11.8 Å². The van der Waals surface area contributed by atoms with Crippen molar-refractivity contribution in [2.75, 3.05) is 6.54 Å². The molecule has 0 amide bonds. The van der Waals surface area contributed by atoms with Crippen molar-refractivity contribution in [1.29, 1.82) is 0 Å². The van der Waals surface area contributed by atoms with Crippen LogP contribution in [0.2, 0.25) is 0 Å². The number of nitrogens with zero attached hydrogens (tertiary/aromatic N) is 4. The Hall–Kier alpha value is -1.39. The van der Waals surface area contributed by atoms with Crippen LogP contribution in [0.3, 0.4) is 0 Å². The van der Waals surface area contributed by atoms with Crippen molar-refractivity contribution in [2.45, 2.75) is 58.0 Å². The molecule has 0 aromatic rings. The summed E-state index contributed by atoms with van der Waals surface area (Å²) in [6.07, 6.45) is 7.87. The molecule has 0 aromatic carbocycles. The Balaban J connectivity index is 2.14. The van der Waals surface area contributed by atoms with Crippen molar-refractivity contribution < 1.29 is 5.11 Å². The fourth-order valence-corrected chi connectivity index (χ4v) is 4.01. The van der Waals surface area contributed by atoms with Gasteiger partial charge in [-0.05, 0) is 72.9 Å². The summed E-state index contributed by atoms with van der Waals surface area (Å²) in [5.74, 6) is 0.879. The van der Waals surface area contributed by atoms with E-state index in [0.717, 1.165) is 44.9 Å². The molecular formula is C15H24N4O2. The molecule has 1 saturated carbocycles. The molecular weight excluding hydrogens is 268 g/mol. The first kappa shape index (κ1) is 16.0. The minimum atomic E-state index is -0.179. The van der Waals surface area contributed by atoms with Gasteiger partial charge in [-0.3, -0.25) is 0 Å². The van der Waals surface area contributed by atoms with E-state index in [1.54, 1.807) is 0 Å². The summed E-state index contributed by atoms with van der Waals surface area (Å²) in [6, 6.07) is 0. The van der Waals surface area contributed by atoms with Gasteiger partial charge in [0, 0.05) is 11.5 Å². The molecule has 0 aliphatic heterocycles. The van der Waals surface area contributed by atoms with Crippen LogP contribution in [0.5, 0.6) is 0 Å². The highest BCUT2D eigenvalue weighted by Gasteiger charge is 2.42. The number of allylic oxidation sites excluding steroid dienone is 2. The first-order valence-electron chi connectivity index (χ1n) is 7.81. The van der Waals surface area contributed by atoms with Crippen molar-refractivity contribution >= 4 is 0 Å². The van der Waals surface area contributed by atoms with Crippen molar-refractivity contribution in [2.24, 2.45) is 27.5 Å². The SMILES string of the molecule is CC(CN=[N+]=[N-])(C1CC=C(N=O)CC1)C1CCC(O)CC1. The van der Waals surface area contributed by atoms with E-state index in [4.69, 9.17) is 5.53 Å². The Kier molecular flexibility index (Phi) is 5.37. The largest absolute Gasteiger partial charge is 0.393 e. The molecule has 6 heteroatoms. The fraction of sp³-hybridized carbons (Fsp3) is 0.867. The predicted octanol–water partition coefficient (Wildman–Crippen LogP) is 4.30. The molecule has 2 rings (SSSR count). The average Bonchev–Trinajstić information content (AvgIpc) is 2.53. The first-order valence-corrected chi connectivity index (χ1v) is 7.81. The molecule has 2 atom stereocenters. The summed E-state index contributed by atoms with van der Waals surface area (Å²) in [7, 11) is 0. The molecule has 2 aliphatic carbocycles. The summed E-state index contributed by atoms with van der Waals surface area (Å²) in [4.78, 5) is 13.6. The van der Waals surface area contributed by atoms with E-state index in [0.29, 0.717) is 24.1 Å². The summed E-state index contributed by atoms with van der Waals surface area (Å²) in [5.41, 5.74) is 9.29. The Morgan fingerprint density at radius 2 is 2.05 bits per heavy atom. The zero-order chi connectivity index (χ0) is 15.3. The van der Waals surface area contributed by atoms with E-state index in [1.807, 2.05) is 6.08 Å². The zero-order valence-corrected chi connectivity index (χ0v) is 12.6. The van der Waals surface area contributed by atoms with E-state index in [2.05, 4.69) is 22.1 Å². The van der Waals surface area contributed by atoms with Crippen LogP contribution >= 0.6 is 0 Å². The Morgan fingerprint density at radius 1 is 1.33 bits per heavy atom. The molecule has 0 radical (unpaired) electrons. The normalized spacial score (nSPS) is 32.5. The molecule has 116 valence electrons. The number of aliphatic hydroxyl groups is 1. The number of nitroso groups, excluding NO2 is 1. The summed E-state index contributed by atoms with van der Waals surface area (Å²) >= 11 is 0. The minimum Gasteiger partial charge on any atom is -0.393 e. The van der Waals surface area contributed by atoms with Gasteiger partial charge in [-0.2, -0.15) is 0 Å². The molecule has 21 heavy (non-hydrogen) atoms. The lowest BCUT2D eigenvalue weighted by Crippen LogP contribution is -2.41. The highest BCUT2D eigenvalue weighted by atomic mass is 16.3. The number of hydrogen-bond donors (Lipinski definition) is 1. The van der Waals surface area contributed by atoms with E-state index < -0.39 is 0 Å². The smallest absolute Gasteiger partial charge is 0.0809 e. The van der Waals surface area contributed by atoms with Crippen molar-refractivity contribution in [1.82, 2.24) is 0 Å². The van der Waals surface area contributed by atoms with Gasteiger partial charge in [-0.15, -0.1) is 4.91 Å². The molecule has 0 aromatic heterocycles. The third-order valence-electron chi connectivity index (χ3n) is 5.54. The van der Waals surface area contributed by atoms with Crippen LogP contribution in [0, 0.1) is 22.2 Å². The highest BCUT2D eigenvalue weighted by molar-refractivity contribution is 5.08. The molecule has 1 fully saturated rings. The van der Waals surface area contributed by atoms with E-state index >= 15 is 0 Å². The van der Waals surface area contributed by atoms with Gasteiger partial charge in [-0.1, -0.05) is 18.1 Å². The van der Waals surface area contributed by atoms with Gasteiger partial charge < -0.3 is 5.11 Å². The molecule has 0 spiro atoms. The first-order chi connectivity index (χ1) is 10.1. The van der Waals surface area contributed by atoms with Crippen LogP contribution in [0.1, 0.15) is 51.9 Å². The Morgan fingerprint density at radius 3 is 2.57 bits per heavy atom. The Bertz CT molecular complexity index is 451. The number of azide groups is 1. The molecule has 0 bridgehead atoms. The van der Waals surface area contributed by atoms with Crippen LogP contribution < -0.4 is 0 Å². The van der Waals surface area contributed by atoms with Gasteiger partial charge in [0.15, 0.2) is 0 Å². The van der Waals surface area contributed by atoms with Gasteiger partial charge in [0.2, 0.25) is 0 Å². The maximum atomic E-state index is 10.6. The molecule has 6 nitrogen and oxygen atoms in total. The van der Waals surface area contributed by atoms with Crippen molar-refractivity contribution in [3.05, 3.63) is 27.1 Å². The van der Waals surface area contributed by atoms with Gasteiger partial charge in [0.1, 0.15) is 0 Å². The van der Waals surface area contributed by atoms with Crippen molar-refractivity contribution in [3.63, 3.8) is 0 Å². The summed E-state index contributed by atoms with van der Waals surface area (Å²) < 4.78 is 0. The van der Waals surface area contributed by atoms with Crippen molar-refractivity contribution in [3.8, 4) is 0 Å². The second-order valence-corrected chi connectivity index (χ2v) is 6.66. The average molecular weight is 292 g/mol. The second-order valence-electron chi connectivity index (χ2n) is 6.66. The van der Waals surface area contributed by atoms with E-state index in [1.165, 1.54) is 0 Å². The lowest BCUT2D eigenvalue weighted by Gasteiger charge is -2.46. The monoisotopic (exact) mass is 292 g/mol. The zero-order valence-electron chi connectivity index (χ0n) is 12.6. The minimum absolute atomic E-state index is 0.0582. The summed E-state index contributed by atoms with van der Waals surface area (Å²) in [5, 5.41) is 16.6. The highest BCUT2D eigenvalue weighted by Crippen LogP contribution is 2.48. The fourth-order valence-electron chi connectivity index (χ4n) is 4.01. The van der Waals surface area contributed by atoms with Crippen LogP contribution in [-0.2, 0) is 0 Å². The molecule has 0 heterocycles. The molecule has 0 saturated heterocycles. The van der Waals surface area contributed by atoms with Gasteiger partial charge >= 0.3 is 0 Å². The maximum absolute atomic E-state index is 10.6. The molecule has 2 aliphatic rings. The van der Waals surface area contributed by atoms with Crippen LogP contribution in [-0.4, -0.2) is 17.8 Å². The second kappa shape index (κ2) is 7.05. The van der Waals surface area contributed by atoms with Crippen LogP contribution in [0.15, 0.2) is 22.1 Å². The maximum Gasteiger partial charge on any atom is 0.0809 e. The quantitative estimate of drug-likeness (QED) is 0.353. The standard InChI is InChI=1S/C15H24N4O2/c1-15(10-17-19-16,12-4-8-14(20)9-5-12)11-2-6-13(18-21)7-3-11/h6,11-12,14,20H,2-5,7-10H2,1H3. The van der Waals surface area contributed by atoms with Crippen LogP contribution in [0.4, 0.5) is 0 Å². The predicted molar refractivity (Wildman–Crippen MR) is 81.3 cm³/mol. The van der Waals surface area contributed by atoms with Crippen LogP contribution in [0.25, 0.3) is 10.4 Å². The topological polar surface area (TPSA) is 98.4 Å². The Labute approximate surface area is 125 Å². The van der Waals surface area contributed by atoms with Gasteiger partial charge in [0.25, 0.3) is 0 Å². The van der Waals surface area contributed by atoms with E-state index in [9.17, 15) is 10.0 Å². The number of hydrogen-bond acceptors (Lipinski definition) is 4. The molecule has 1 N–H and O–H groups in total. The third-order valence-corrected chi connectivity index (χ3v) is 5.54. The lowest BCUT2D eigenvalue weighted by atomic mass is 9.60.